The van der Waals surface area contributed by atoms with E-state index >= 15 is 0 Å². The minimum Gasteiger partial charge on any atom is -0.466 e. The summed E-state index contributed by atoms with van der Waals surface area (Å²) < 4.78 is 42.6. The van der Waals surface area contributed by atoms with Crippen molar-refractivity contribution in [3.8, 4) is 11.3 Å². The zero-order valence-corrected chi connectivity index (χ0v) is 12.8. The number of esters is 1. The quantitative estimate of drug-likeness (QED) is 0.792. The topological polar surface area (TPSA) is 39.2 Å². The van der Waals surface area contributed by atoms with Crippen LogP contribution in [0.25, 0.3) is 11.3 Å². The van der Waals surface area contributed by atoms with Crippen molar-refractivity contribution in [2.24, 2.45) is 0 Å². The van der Waals surface area contributed by atoms with E-state index in [1.165, 1.54) is 12.1 Å². The van der Waals surface area contributed by atoms with Gasteiger partial charge in [-0.15, -0.1) is 0 Å². The minimum absolute atomic E-state index is 0.125. The maximum atomic E-state index is 12.6. The van der Waals surface area contributed by atoms with Gasteiger partial charge in [0.25, 0.3) is 0 Å². The van der Waals surface area contributed by atoms with E-state index in [-0.39, 0.29) is 12.4 Å². The second kappa shape index (κ2) is 6.81. The number of halogens is 3. The molecule has 23 heavy (non-hydrogen) atoms. The molecule has 1 aromatic carbocycles. The van der Waals surface area contributed by atoms with Crippen LogP contribution in [0.5, 0.6) is 0 Å². The Bertz CT molecular complexity index is 694. The Hall–Kier alpha value is -2.37. The number of hydrogen-bond donors (Lipinski definition) is 0. The number of carbonyl (C=O) groups excluding carboxylic acids is 1. The maximum absolute atomic E-state index is 12.6. The van der Waals surface area contributed by atoms with Gasteiger partial charge in [-0.3, -0.25) is 9.78 Å². The normalized spacial score (nSPS) is 11.3. The molecule has 3 nitrogen and oxygen atoms in total. The summed E-state index contributed by atoms with van der Waals surface area (Å²) in [6.45, 7) is 3.80. The van der Waals surface area contributed by atoms with Gasteiger partial charge in [0.1, 0.15) is 0 Å². The van der Waals surface area contributed by atoms with Gasteiger partial charge in [0.15, 0.2) is 0 Å². The lowest BCUT2D eigenvalue weighted by Crippen LogP contribution is -2.09. The highest BCUT2D eigenvalue weighted by Gasteiger charge is 2.30. The first-order valence-corrected chi connectivity index (χ1v) is 7.11. The molecule has 0 radical (unpaired) electrons. The number of aromatic nitrogens is 1. The molecule has 0 aliphatic heterocycles. The number of aryl methyl sites for hydroxylation is 1. The van der Waals surface area contributed by atoms with Crippen molar-refractivity contribution in [3.63, 3.8) is 0 Å². The second-order valence-electron chi connectivity index (χ2n) is 5.00. The third kappa shape index (κ3) is 4.31. The van der Waals surface area contributed by atoms with Crippen LogP contribution in [0.4, 0.5) is 13.2 Å². The molecule has 0 fully saturated rings. The van der Waals surface area contributed by atoms with E-state index in [1.54, 1.807) is 26.0 Å². The van der Waals surface area contributed by atoms with Crippen molar-refractivity contribution >= 4 is 5.97 Å². The summed E-state index contributed by atoms with van der Waals surface area (Å²) in [5.74, 6) is -0.334. The van der Waals surface area contributed by atoms with Crippen molar-refractivity contribution in [2.45, 2.75) is 26.4 Å². The lowest BCUT2D eigenvalue weighted by Gasteiger charge is -2.09. The summed E-state index contributed by atoms with van der Waals surface area (Å²) in [5.41, 5.74) is 1.83. The van der Waals surface area contributed by atoms with Gasteiger partial charge in [-0.25, -0.2) is 0 Å². The monoisotopic (exact) mass is 323 g/mol. The highest BCUT2D eigenvalue weighted by atomic mass is 19.4. The maximum Gasteiger partial charge on any atom is 0.416 e. The molecule has 0 spiro atoms. The van der Waals surface area contributed by atoms with E-state index in [1.807, 2.05) is 0 Å². The number of carbonyl (C=O) groups is 1. The first-order valence-electron chi connectivity index (χ1n) is 7.11. The number of alkyl halides is 3. The summed E-state index contributed by atoms with van der Waals surface area (Å²) in [7, 11) is 0. The van der Waals surface area contributed by atoms with Gasteiger partial charge in [0.05, 0.1) is 24.3 Å². The van der Waals surface area contributed by atoms with Crippen LogP contribution in [0.3, 0.4) is 0 Å². The average Bonchev–Trinajstić information content (AvgIpc) is 2.49. The van der Waals surface area contributed by atoms with Gasteiger partial charge in [-0.1, -0.05) is 18.2 Å². The van der Waals surface area contributed by atoms with Crippen LogP contribution in [-0.2, 0) is 22.1 Å². The number of hydrogen-bond acceptors (Lipinski definition) is 3. The van der Waals surface area contributed by atoms with Crippen molar-refractivity contribution < 1.29 is 22.7 Å². The molecule has 0 atom stereocenters. The van der Waals surface area contributed by atoms with Crippen molar-refractivity contribution in [1.82, 2.24) is 4.98 Å². The molecule has 0 aliphatic carbocycles. The lowest BCUT2D eigenvalue weighted by atomic mass is 10.1. The second-order valence-corrected chi connectivity index (χ2v) is 5.00. The Balaban J connectivity index is 2.21. The van der Waals surface area contributed by atoms with Crippen molar-refractivity contribution in [2.75, 3.05) is 6.61 Å². The molecule has 2 aromatic rings. The Morgan fingerprint density at radius 3 is 2.30 bits per heavy atom. The largest absolute Gasteiger partial charge is 0.466 e. The number of rotatable bonds is 4. The number of benzene rings is 1. The molecule has 0 saturated heterocycles. The summed E-state index contributed by atoms with van der Waals surface area (Å²) in [5, 5.41) is 0. The summed E-state index contributed by atoms with van der Waals surface area (Å²) in [4.78, 5) is 15.9. The molecule has 0 aliphatic rings. The molecular weight excluding hydrogens is 307 g/mol. The van der Waals surface area contributed by atoms with Gasteiger partial charge in [0, 0.05) is 11.3 Å². The Morgan fingerprint density at radius 2 is 1.78 bits per heavy atom. The van der Waals surface area contributed by atoms with Crippen LogP contribution in [0.2, 0.25) is 0 Å². The fraction of sp³-hybridized carbons (Fsp3) is 0.294. The van der Waals surface area contributed by atoms with Crippen LogP contribution in [0, 0.1) is 6.92 Å². The summed E-state index contributed by atoms with van der Waals surface area (Å²) in [6.07, 6.45) is -4.23. The van der Waals surface area contributed by atoms with E-state index in [0.717, 1.165) is 17.7 Å². The molecule has 0 amide bonds. The van der Waals surface area contributed by atoms with Gasteiger partial charge >= 0.3 is 12.1 Å². The molecule has 1 aromatic heterocycles. The zero-order valence-electron chi connectivity index (χ0n) is 12.8. The third-order valence-electron chi connectivity index (χ3n) is 3.34. The number of pyridine rings is 1. The standard InChI is InChI=1S/C17H16F3NO2/c1-3-23-16(22)10-13-6-9-15(21-11(13)2)12-4-7-14(8-5-12)17(18,19)20/h4-9H,3,10H2,1-2H3. The zero-order chi connectivity index (χ0) is 17.0. The first kappa shape index (κ1) is 17.0. The minimum atomic E-state index is -4.36. The van der Waals surface area contributed by atoms with Gasteiger partial charge < -0.3 is 4.74 Å². The number of nitrogens with zero attached hydrogens (tertiary/aromatic N) is 1. The third-order valence-corrected chi connectivity index (χ3v) is 3.34. The molecule has 122 valence electrons. The van der Waals surface area contributed by atoms with Crippen LogP contribution < -0.4 is 0 Å². The average molecular weight is 323 g/mol. The van der Waals surface area contributed by atoms with Crippen molar-refractivity contribution in [1.29, 1.82) is 0 Å². The number of ether oxygens (including phenoxy) is 1. The predicted octanol–water partition coefficient (Wildman–Crippen LogP) is 4.18. The smallest absolute Gasteiger partial charge is 0.416 e. The predicted molar refractivity (Wildman–Crippen MR) is 79.7 cm³/mol. The molecule has 6 heteroatoms. The molecule has 0 saturated carbocycles. The van der Waals surface area contributed by atoms with Crippen LogP contribution in [0.15, 0.2) is 36.4 Å². The lowest BCUT2D eigenvalue weighted by molar-refractivity contribution is -0.142. The summed E-state index contributed by atoms with van der Waals surface area (Å²) in [6, 6.07) is 8.25. The van der Waals surface area contributed by atoms with Crippen molar-refractivity contribution in [3.05, 3.63) is 53.2 Å². The molecule has 1 heterocycles. The Labute approximate surface area is 132 Å². The van der Waals surface area contributed by atoms with Crippen LogP contribution in [0.1, 0.15) is 23.7 Å². The van der Waals surface area contributed by atoms with E-state index in [4.69, 9.17) is 4.74 Å². The first-order chi connectivity index (χ1) is 10.8. The Kier molecular flexibility index (Phi) is 5.03. The van der Waals surface area contributed by atoms with Gasteiger partial charge in [-0.2, -0.15) is 13.2 Å². The van der Waals surface area contributed by atoms with Crippen LogP contribution >= 0.6 is 0 Å². The fourth-order valence-corrected chi connectivity index (χ4v) is 2.13. The SMILES string of the molecule is CCOC(=O)Cc1ccc(-c2ccc(C(F)(F)F)cc2)nc1C. The molecule has 0 unspecified atom stereocenters. The molecule has 2 rings (SSSR count). The van der Waals surface area contributed by atoms with E-state index in [2.05, 4.69) is 4.98 Å². The highest BCUT2D eigenvalue weighted by molar-refractivity contribution is 5.73. The molecule has 0 N–H and O–H groups in total. The Morgan fingerprint density at radius 1 is 1.13 bits per heavy atom. The van der Waals surface area contributed by atoms with E-state index in [9.17, 15) is 18.0 Å². The van der Waals surface area contributed by atoms with E-state index < -0.39 is 11.7 Å². The van der Waals surface area contributed by atoms with Crippen LogP contribution in [-0.4, -0.2) is 17.6 Å². The van der Waals surface area contributed by atoms with Gasteiger partial charge in [-0.05, 0) is 37.6 Å². The molecular formula is C17H16F3NO2. The molecule has 0 bridgehead atoms. The summed E-state index contributed by atoms with van der Waals surface area (Å²) >= 11 is 0. The van der Waals surface area contributed by atoms with E-state index in [0.29, 0.717) is 23.6 Å². The van der Waals surface area contributed by atoms with Gasteiger partial charge in [0.2, 0.25) is 0 Å². The fourth-order valence-electron chi connectivity index (χ4n) is 2.13. The highest BCUT2D eigenvalue weighted by Crippen LogP contribution is 2.30.